The van der Waals surface area contributed by atoms with E-state index in [-0.39, 0.29) is 0 Å². The zero-order chi connectivity index (χ0) is 12.4. The Morgan fingerprint density at radius 2 is 1.56 bits per heavy atom. The molecular formula is C12H28N4. The predicted molar refractivity (Wildman–Crippen MR) is 72.0 cm³/mol. The molecule has 1 unspecified atom stereocenters. The van der Waals surface area contributed by atoms with Crippen LogP contribution in [0.1, 0.15) is 34.6 Å². The molecule has 0 spiro atoms. The lowest BCUT2D eigenvalue weighted by Gasteiger charge is -2.25. The first kappa shape index (κ1) is 15.2. The number of hydrogen-bond acceptors (Lipinski definition) is 2. The summed E-state index contributed by atoms with van der Waals surface area (Å²) < 4.78 is 0. The second-order valence-corrected chi connectivity index (χ2v) is 3.82. The third kappa shape index (κ3) is 5.95. The highest BCUT2D eigenvalue weighted by Gasteiger charge is 2.09. The van der Waals surface area contributed by atoms with Crippen LogP contribution in [0, 0.1) is 0 Å². The van der Waals surface area contributed by atoms with Gasteiger partial charge in [0.25, 0.3) is 0 Å². The van der Waals surface area contributed by atoms with Gasteiger partial charge in [-0.3, -0.25) is 9.89 Å². The van der Waals surface area contributed by atoms with Crippen LogP contribution in [0.5, 0.6) is 0 Å². The summed E-state index contributed by atoms with van der Waals surface area (Å²) in [4.78, 5) is 6.99. The lowest BCUT2D eigenvalue weighted by Crippen LogP contribution is -2.39. The minimum Gasteiger partial charge on any atom is -0.357 e. The van der Waals surface area contributed by atoms with Gasteiger partial charge in [0.15, 0.2) is 5.96 Å². The van der Waals surface area contributed by atoms with Gasteiger partial charge in [-0.25, -0.2) is 0 Å². The summed E-state index contributed by atoms with van der Waals surface area (Å²) in [5.74, 6) is 0.920. The Hall–Kier alpha value is -0.770. The maximum absolute atomic E-state index is 4.57. The molecule has 0 bridgehead atoms. The lowest BCUT2D eigenvalue weighted by molar-refractivity contribution is 0.237. The number of guanidine groups is 1. The van der Waals surface area contributed by atoms with Crippen LogP contribution in [-0.2, 0) is 0 Å². The second-order valence-electron chi connectivity index (χ2n) is 3.82. The van der Waals surface area contributed by atoms with Crippen LogP contribution in [0.4, 0.5) is 0 Å². The van der Waals surface area contributed by atoms with E-state index < -0.39 is 0 Å². The van der Waals surface area contributed by atoms with Gasteiger partial charge in [0, 0.05) is 19.1 Å². The average Bonchev–Trinajstić information content (AvgIpc) is 2.28. The third-order valence-electron chi connectivity index (χ3n) is 2.64. The predicted octanol–water partition coefficient (Wildman–Crippen LogP) is 1.29. The van der Waals surface area contributed by atoms with Gasteiger partial charge in [0.1, 0.15) is 0 Å². The molecule has 1 atom stereocenters. The van der Waals surface area contributed by atoms with Crippen LogP contribution >= 0.6 is 0 Å². The highest BCUT2D eigenvalue weighted by molar-refractivity contribution is 5.79. The Kier molecular flexibility index (Phi) is 9.00. The molecule has 16 heavy (non-hydrogen) atoms. The van der Waals surface area contributed by atoms with Gasteiger partial charge in [0.05, 0.1) is 6.54 Å². The van der Waals surface area contributed by atoms with Crippen molar-refractivity contribution in [2.75, 3.05) is 32.7 Å². The topological polar surface area (TPSA) is 39.7 Å². The molecule has 0 aromatic carbocycles. The molecule has 0 aliphatic rings. The van der Waals surface area contributed by atoms with E-state index in [2.05, 4.69) is 55.1 Å². The van der Waals surface area contributed by atoms with Gasteiger partial charge < -0.3 is 10.6 Å². The smallest absolute Gasteiger partial charge is 0.191 e. The van der Waals surface area contributed by atoms with Crippen LogP contribution in [0.2, 0.25) is 0 Å². The Labute approximate surface area is 101 Å². The van der Waals surface area contributed by atoms with Gasteiger partial charge in [-0.2, -0.15) is 0 Å². The molecule has 0 aromatic rings. The van der Waals surface area contributed by atoms with Crippen molar-refractivity contribution in [1.82, 2.24) is 15.5 Å². The Bertz CT molecular complexity index is 179. The molecule has 0 aliphatic heterocycles. The minimum atomic E-state index is 0.502. The summed E-state index contributed by atoms with van der Waals surface area (Å²) in [5, 5.41) is 6.47. The van der Waals surface area contributed by atoms with Gasteiger partial charge >= 0.3 is 0 Å². The summed E-state index contributed by atoms with van der Waals surface area (Å²) in [7, 11) is 0. The van der Waals surface area contributed by atoms with E-state index in [0.29, 0.717) is 6.04 Å². The lowest BCUT2D eigenvalue weighted by atomic mass is 10.3. The van der Waals surface area contributed by atoms with Crippen molar-refractivity contribution in [3.05, 3.63) is 0 Å². The van der Waals surface area contributed by atoms with Crippen molar-refractivity contribution in [3.8, 4) is 0 Å². The van der Waals surface area contributed by atoms with Gasteiger partial charge in [-0.1, -0.05) is 13.8 Å². The van der Waals surface area contributed by atoms with Crippen LogP contribution in [0.3, 0.4) is 0 Å². The van der Waals surface area contributed by atoms with Gasteiger partial charge in [-0.15, -0.1) is 0 Å². The van der Waals surface area contributed by atoms with E-state index in [9.17, 15) is 0 Å². The molecule has 0 radical (unpaired) electrons. The third-order valence-corrected chi connectivity index (χ3v) is 2.64. The van der Waals surface area contributed by atoms with E-state index in [1.54, 1.807) is 0 Å². The first-order valence-corrected chi connectivity index (χ1v) is 6.45. The first-order chi connectivity index (χ1) is 7.69. The summed E-state index contributed by atoms with van der Waals surface area (Å²) in [6.45, 7) is 15.6. The Morgan fingerprint density at radius 1 is 1.06 bits per heavy atom. The van der Waals surface area contributed by atoms with Crippen LogP contribution in [-0.4, -0.2) is 49.6 Å². The molecule has 96 valence electrons. The molecule has 0 rings (SSSR count). The summed E-state index contributed by atoms with van der Waals surface area (Å²) in [6, 6.07) is 0.502. The molecular weight excluding hydrogens is 200 g/mol. The number of nitrogens with one attached hydrogen (secondary N) is 2. The number of hydrogen-bond donors (Lipinski definition) is 2. The normalized spacial score (nSPS) is 12.4. The zero-order valence-corrected chi connectivity index (χ0v) is 11.5. The number of nitrogens with zero attached hydrogens (tertiary/aromatic N) is 2. The maximum atomic E-state index is 4.57. The molecule has 0 heterocycles. The largest absolute Gasteiger partial charge is 0.357 e. The molecule has 0 aliphatic carbocycles. The summed E-state index contributed by atoms with van der Waals surface area (Å²) in [6.07, 6.45) is 0. The van der Waals surface area contributed by atoms with Crippen molar-refractivity contribution in [1.29, 1.82) is 0 Å². The number of likely N-dealkylation sites (N-methyl/N-ethyl adjacent to an activating group) is 1. The summed E-state index contributed by atoms with van der Waals surface area (Å²) >= 11 is 0. The van der Waals surface area contributed by atoms with Crippen molar-refractivity contribution >= 4 is 5.96 Å². The van der Waals surface area contributed by atoms with E-state index in [1.807, 2.05) is 0 Å². The molecule has 2 N–H and O–H groups in total. The Morgan fingerprint density at radius 3 is 1.94 bits per heavy atom. The number of rotatable bonds is 7. The zero-order valence-electron chi connectivity index (χ0n) is 11.5. The first-order valence-electron chi connectivity index (χ1n) is 6.45. The molecule has 0 saturated carbocycles. The standard InChI is InChI=1S/C12H28N4/c1-6-13-12(14-7-2)15-10-11(5)16(8-3)9-4/h11H,6-10H2,1-5H3,(H2,13,14,15). The Balaban J connectivity index is 4.17. The molecule has 0 saturated heterocycles. The monoisotopic (exact) mass is 228 g/mol. The summed E-state index contributed by atoms with van der Waals surface area (Å²) in [5.41, 5.74) is 0. The number of aliphatic imine (C=N–C) groups is 1. The van der Waals surface area contributed by atoms with Crippen molar-refractivity contribution in [2.24, 2.45) is 4.99 Å². The van der Waals surface area contributed by atoms with E-state index >= 15 is 0 Å². The fourth-order valence-electron chi connectivity index (χ4n) is 1.70. The molecule has 0 fully saturated rings. The van der Waals surface area contributed by atoms with Crippen molar-refractivity contribution in [2.45, 2.75) is 40.7 Å². The van der Waals surface area contributed by atoms with E-state index in [0.717, 1.165) is 38.7 Å². The van der Waals surface area contributed by atoms with Crippen molar-refractivity contribution in [3.63, 3.8) is 0 Å². The van der Waals surface area contributed by atoms with E-state index in [4.69, 9.17) is 0 Å². The van der Waals surface area contributed by atoms with Crippen molar-refractivity contribution < 1.29 is 0 Å². The van der Waals surface area contributed by atoms with Gasteiger partial charge in [-0.05, 0) is 33.9 Å². The fourth-order valence-corrected chi connectivity index (χ4v) is 1.70. The molecule has 4 nitrogen and oxygen atoms in total. The fraction of sp³-hybridized carbons (Fsp3) is 0.917. The van der Waals surface area contributed by atoms with Crippen LogP contribution in [0.25, 0.3) is 0 Å². The minimum absolute atomic E-state index is 0.502. The molecule has 4 heteroatoms. The highest BCUT2D eigenvalue weighted by Crippen LogP contribution is 1.98. The quantitative estimate of drug-likeness (QED) is 0.509. The molecule has 0 aromatic heterocycles. The van der Waals surface area contributed by atoms with E-state index in [1.165, 1.54) is 0 Å². The average molecular weight is 228 g/mol. The van der Waals surface area contributed by atoms with Gasteiger partial charge in [0.2, 0.25) is 0 Å². The second kappa shape index (κ2) is 9.46. The maximum Gasteiger partial charge on any atom is 0.191 e. The SMILES string of the molecule is CCNC(=NCC(C)N(CC)CC)NCC. The molecule has 0 amide bonds. The van der Waals surface area contributed by atoms with Crippen LogP contribution < -0.4 is 10.6 Å². The highest BCUT2D eigenvalue weighted by atomic mass is 15.2. The van der Waals surface area contributed by atoms with Crippen LogP contribution in [0.15, 0.2) is 4.99 Å².